The van der Waals surface area contributed by atoms with Crippen LogP contribution in [0.2, 0.25) is 5.02 Å². The van der Waals surface area contributed by atoms with E-state index in [2.05, 4.69) is 10.4 Å². The molecule has 0 saturated heterocycles. The van der Waals surface area contributed by atoms with Gasteiger partial charge in [-0.1, -0.05) is 23.4 Å². The second kappa shape index (κ2) is 5.90. The topological polar surface area (TPSA) is 50.9 Å². The number of rotatable bonds is 3. The first kappa shape index (κ1) is 15.0. The van der Waals surface area contributed by atoms with Gasteiger partial charge < -0.3 is 5.43 Å². The van der Waals surface area contributed by atoms with Crippen molar-refractivity contribution in [2.45, 2.75) is 16.1 Å². The van der Waals surface area contributed by atoms with Crippen molar-refractivity contribution in [3.8, 4) is 0 Å². The summed E-state index contributed by atoms with van der Waals surface area (Å²) < 4.78 is 38.3. The van der Waals surface area contributed by atoms with Crippen LogP contribution in [0.4, 0.5) is 19.0 Å². The van der Waals surface area contributed by atoms with Crippen molar-refractivity contribution in [3.05, 3.63) is 47.0 Å². The highest BCUT2D eigenvalue weighted by Gasteiger charge is 2.31. The van der Waals surface area contributed by atoms with Crippen molar-refractivity contribution in [3.63, 3.8) is 0 Å². The molecule has 1 heterocycles. The molecule has 0 aliphatic rings. The highest BCUT2D eigenvalue weighted by atomic mass is 35.5. The molecule has 0 aliphatic carbocycles. The average Bonchev–Trinajstić information content (AvgIpc) is 2.40. The number of aromatic nitrogens is 1. The van der Waals surface area contributed by atoms with Gasteiger partial charge in [-0.25, -0.2) is 10.8 Å². The zero-order valence-corrected chi connectivity index (χ0v) is 11.5. The number of nitrogens with one attached hydrogen (secondary N) is 1. The first-order valence-electron chi connectivity index (χ1n) is 5.38. The minimum Gasteiger partial charge on any atom is -0.308 e. The standard InChI is InChI=1S/C12H9ClF3N3S/c13-8-1-3-9(4-2-8)20-11-6-7(12(14,15)16)5-10(18-11)19-17/h1-6H,17H2,(H,18,19). The van der Waals surface area contributed by atoms with Crippen molar-refractivity contribution >= 4 is 29.2 Å². The smallest absolute Gasteiger partial charge is 0.308 e. The van der Waals surface area contributed by atoms with Crippen LogP contribution in [0.3, 0.4) is 0 Å². The van der Waals surface area contributed by atoms with E-state index in [-0.39, 0.29) is 10.8 Å². The Kier molecular flexibility index (Phi) is 4.42. The number of nitrogen functional groups attached to an aromatic ring is 1. The second-order valence-electron chi connectivity index (χ2n) is 3.78. The molecule has 2 aromatic rings. The molecule has 3 N–H and O–H groups in total. The van der Waals surface area contributed by atoms with E-state index in [4.69, 9.17) is 17.4 Å². The predicted molar refractivity (Wildman–Crippen MR) is 72.6 cm³/mol. The van der Waals surface area contributed by atoms with Crippen LogP contribution in [0.1, 0.15) is 5.56 Å². The lowest BCUT2D eigenvalue weighted by Crippen LogP contribution is -2.12. The SMILES string of the molecule is NNc1cc(C(F)(F)F)cc(Sc2ccc(Cl)cc2)n1. The third-order valence-corrected chi connectivity index (χ3v) is 3.49. The Bertz CT molecular complexity index is 602. The molecule has 0 saturated carbocycles. The van der Waals surface area contributed by atoms with Crippen molar-refractivity contribution in [2.75, 3.05) is 5.43 Å². The van der Waals surface area contributed by atoms with Gasteiger partial charge in [-0.05, 0) is 36.4 Å². The molecule has 20 heavy (non-hydrogen) atoms. The van der Waals surface area contributed by atoms with Crippen LogP contribution >= 0.6 is 23.4 Å². The summed E-state index contributed by atoms with van der Waals surface area (Å²) in [4.78, 5) is 4.70. The van der Waals surface area contributed by atoms with E-state index in [1.54, 1.807) is 24.3 Å². The van der Waals surface area contributed by atoms with Crippen LogP contribution in [0, 0.1) is 0 Å². The summed E-state index contributed by atoms with van der Waals surface area (Å²) in [5.41, 5.74) is 1.32. The maximum Gasteiger partial charge on any atom is 0.416 e. The molecule has 0 radical (unpaired) electrons. The van der Waals surface area contributed by atoms with Gasteiger partial charge in [0.05, 0.1) is 5.56 Å². The van der Waals surface area contributed by atoms with Crippen molar-refractivity contribution in [1.82, 2.24) is 4.98 Å². The Morgan fingerprint density at radius 2 is 1.80 bits per heavy atom. The molecule has 3 nitrogen and oxygen atoms in total. The van der Waals surface area contributed by atoms with Gasteiger partial charge in [-0.2, -0.15) is 13.2 Å². The lowest BCUT2D eigenvalue weighted by molar-refractivity contribution is -0.137. The largest absolute Gasteiger partial charge is 0.416 e. The van der Waals surface area contributed by atoms with E-state index in [0.717, 1.165) is 28.8 Å². The molecule has 1 aromatic heterocycles. The number of nitrogens with zero attached hydrogens (tertiary/aromatic N) is 1. The van der Waals surface area contributed by atoms with Gasteiger partial charge >= 0.3 is 6.18 Å². The van der Waals surface area contributed by atoms with Gasteiger partial charge in [0, 0.05) is 9.92 Å². The highest BCUT2D eigenvalue weighted by molar-refractivity contribution is 7.99. The number of hydrazine groups is 1. The predicted octanol–water partition coefficient (Wildman–Crippen LogP) is 4.19. The summed E-state index contributed by atoms with van der Waals surface area (Å²) in [5.74, 6) is 5.09. The molecule has 0 spiro atoms. The summed E-state index contributed by atoms with van der Waals surface area (Å²) in [6, 6.07) is 8.53. The average molecular weight is 320 g/mol. The number of benzene rings is 1. The number of hydrogen-bond acceptors (Lipinski definition) is 4. The number of nitrogens with two attached hydrogens (primary N) is 1. The van der Waals surface area contributed by atoms with Crippen molar-refractivity contribution in [1.29, 1.82) is 0 Å². The lowest BCUT2D eigenvalue weighted by atomic mass is 10.2. The third kappa shape index (κ3) is 3.78. The zero-order valence-electron chi connectivity index (χ0n) is 9.91. The summed E-state index contributed by atoms with van der Waals surface area (Å²) in [7, 11) is 0. The van der Waals surface area contributed by atoms with E-state index in [9.17, 15) is 13.2 Å². The quantitative estimate of drug-likeness (QED) is 0.658. The number of hydrogen-bond donors (Lipinski definition) is 2. The Hall–Kier alpha value is -1.44. The number of pyridine rings is 1. The van der Waals surface area contributed by atoms with Crippen LogP contribution in [-0.4, -0.2) is 4.98 Å². The zero-order chi connectivity index (χ0) is 14.8. The van der Waals surface area contributed by atoms with Crippen LogP contribution < -0.4 is 11.3 Å². The van der Waals surface area contributed by atoms with Gasteiger partial charge in [0.25, 0.3) is 0 Å². The number of anilines is 1. The summed E-state index contributed by atoms with van der Waals surface area (Å²) in [6.07, 6.45) is -4.45. The Morgan fingerprint density at radius 1 is 1.15 bits per heavy atom. The molecule has 0 amide bonds. The Labute approximate surface area is 122 Å². The Balaban J connectivity index is 2.33. The fourth-order valence-corrected chi connectivity index (χ4v) is 2.39. The van der Waals surface area contributed by atoms with E-state index in [1.165, 1.54) is 0 Å². The molecule has 0 atom stereocenters. The summed E-state index contributed by atoms with van der Waals surface area (Å²) in [5, 5.41) is 0.741. The van der Waals surface area contributed by atoms with E-state index in [1.807, 2.05) is 0 Å². The second-order valence-corrected chi connectivity index (χ2v) is 5.31. The van der Waals surface area contributed by atoms with Gasteiger partial charge in [0.15, 0.2) is 0 Å². The maximum absolute atomic E-state index is 12.8. The maximum atomic E-state index is 12.8. The fourth-order valence-electron chi connectivity index (χ4n) is 1.42. The van der Waals surface area contributed by atoms with E-state index in [0.29, 0.717) is 5.02 Å². The fraction of sp³-hybridized carbons (Fsp3) is 0.0833. The summed E-state index contributed by atoms with van der Waals surface area (Å²) >= 11 is 6.84. The molecular weight excluding hydrogens is 311 g/mol. The molecule has 2 rings (SSSR count). The third-order valence-electron chi connectivity index (χ3n) is 2.31. The van der Waals surface area contributed by atoms with Crippen LogP contribution in [0.15, 0.2) is 46.3 Å². The molecule has 8 heteroatoms. The molecule has 0 fully saturated rings. The van der Waals surface area contributed by atoms with E-state index < -0.39 is 11.7 Å². The van der Waals surface area contributed by atoms with Gasteiger partial charge in [-0.15, -0.1) is 0 Å². The molecule has 106 valence electrons. The van der Waals surface area contributed by atoms with Crippen molar-refractivity contribution in [2.24, 2.45) is 5.84 Å². The van der Waals surface area contributed by atoms with Crippen molar-refractivity contribution < 1.29 is 13.2 Å². The van der Waals surface area contributed by atoms with Crippen LogP contribution in [0.5, 0.6) is 0 Å². The number of alkyl halides is 3. The first-order valence-corrected chi connectivity index (χ1v) is 6.57. The summed E-state index contributed by atoms with van der Waals surface area (Å²) in [6.45, 7) is 0. The minimum absolute atomic E-state index is 0.0451. The molecule has 0 aliphatic heterocycles. The first-order chi connectivity index (χ1) is 9.38. The Morgan fingerprint density at radius 3 is 2.35 bits per heavy atom. The monoisotopic (exact) mass is 319 g/mol. The van der Waals surface area contributed by atoms with Gasteiger partial charge in [-0.3, -0.25) is 0 Å². The van der Waals surface area contributed by atoms with Gasteiger partial charge in [0.2, 0.25) is 0 Å². The highest BCUT2D eigenvalue weighted by Crippen LogP contribution is 2.35. The molecule has 1 aromatic carbocycles. The number of halogens is 4. The molecule has 0 bridgehead atoms. The normalized spacial score (nSPS) is 11.4. The van der Waals surface area contributed by atoms with Gasteiger partial charge in [0.1, 0.15) is 10.8 Å². The minimum atomic E-state index is -4.45. The van der Waals surface area contributed by atoms with Crippen LogP contribution in [0.25, 0.3) is 0 Å². The lowest BCUT2D eigenvalue weighted by Gasteiger charge is -2.10. The molecular formula is C12H9ClF3N3S. The van der Waals surface area contributed by atoms with E-state index >= 15 is 0 Å². The molecule has 0 unspecified atom stereocenters. The van der Waals surface area contributed by atoms with Crippen LogP contribution in [-0.2, 0) is 6.18 Å².